The van der Waals surface area contributed by atoms with Gasteiger partial charge in [0.15, 0.2) is 0 Å². The van der Waals surface area contributed by atoms with E-state index in [1.165, 1.54) is 24.3 Å². The molecule has 0 radical (unpaired) electrons. The Morgan fingerprint density at radius 2 is 1.87 bits per heavy atom. The number of hydrogen-bond acceptors (Lipinski definition) is 4. The van der Waals surface area contributed by atoms with Crippen LogP contribution >= 0.6 is 23.2 Å². The monoisotopic (exact) mass is 367 g/mol. The molecule has 0 bridgehead atoms. The lowest BCUT2D eigenvalue weighted by atomic mass is 10.2. The van der Waals surface area contributed by atoms with Crippen molar-refractivity contribution < 1.29 is 8.42 Å². The molecule has 0 atom stereocenters. The first-order valence-corrected chi connectivity index (χ1v) is 8.56. The van der Waals surface area contributed by atoms with Gasteiger partial charge in [0.25, 0.3) is 10.0 Å². The smallest absolute Gasteiger partial charge is 0.255 e. The Morgan fingerprint density at radius 3 is 2.52 bits per heavy atom. The molecule has 0 saturated heterocycles. The predicted molar refractivity (Wildman–Crippen MR) is 93.6 cm³/mol. The van der Waals surface area contributed by atoms with Crippen LogP contribution < -0.4 is 10.5 Å². The molecule has 3 N–H and O–H groups in total. The van der Waals surface area contributed by atoms with Crippen molar-refractivity contribution in [3.63, 3.8) is 0 Å². The minimum Gasteiger partial charge on any atom is -0.397 e. The summed E-state index contributed by atoms with van der Waals surface area (Å²) in [6.07, 6.45) is 1.37. The summed E-state index contributed by atoms with van der Waals surface area (Å²) in [5.41, 5.74) is 6.93. The van der Waals surface area contributed by atoms with Gasteiger partial charge < -0.3 is 5.73 Å². The number of halogens is 2. The largest absolute Gasteiger partial charge is 0.397 e. The molecule has 0 unspecified atom stereocenters. The van der Waals surface area contributed by atoms with Gasteiger partial charge in [0.05, 0.1) is 38.5 Å². The van der Waals surface area contributed by atoms with Crippen molar-refractivity contribution in [2.24, 2.45) is 0 Å². The molecule has 0 aromatic heterocycles. The Morgan fingerprint density at radius 1 is 1.13 bits per heavy atom. The second-order valence-corrected chi connectivity index (χ2v) is 6.92. The lowest BCUT2D eigenvalue weighted by Gasteiger charge is -2.08. The van der Waals surface area contributed by atoms with E-state index < -0.39 is 10.0 Å². The zero-order chi connectivity index (χ0) is 17.0. The number of nitrogens with zero attached hydrogens (tertiary/aromatic N) is 1. The summed E-state index contributed by atoms with van der Waals surface area (Å²) in [4.78, 5) is 0. The number of benzene rings is 2. The molecular weight excluding hydrogens is 357 g/mol. The maximum absolute atomic E-state index is 12.1. The third-order valence-corrected chi connectivity index (χ3v) is 4.56. The molecule has 0 aliphatic heterocycles. The van der Waals surface area contributed by atoms with Gasteiger partial charge in [-0.3, -0.25) is 4.72 Å². The first-order valence-electron chi connectivity index (χ1n) is 6.26. The Hall–Kier alpha value is -2.20. The number of rotatable bonds is 4. The topological polar surface area (TPSA) is 96.0 Å². The van der Waals surface area contributed by atoms with Crippen LogP contribution in [0.25, 0.3) is 6.08 Å². The van der Waals surface area contributed by atoms with Gasteiger partial charge in [-0.05, 0) is 42.0 Å². The normalized spacial score (nSPS) is 11.3. The lowest BCUT2D eigenvalue weighted by molar-refractivity contribution is 0.609. The molecule has 0 fully saturated rings. The van der Waals surface area contributed by atoms with E-state index in [-0.39, 0.29) is 11.4 Å². The van der Waals surface area contributed by atoms with Crippen LogP contribution in [0.3, 0.4) is 0 Å². The highest BCUT2D eigenvalue weighted by atomic mass is 35.5. The van der Waals surface area contributed by atoms with Crippen molar-refractivity contribution in [3.8, 4) is 6.07 Å². The number of hydrogen-bond donors (Lipinski definition) is 2. The molecule has 118 valence electrons. The van der Waals surface area contributed by atoms with E-state index in [0.717, 1.165) is 5.41 Å². The van der Waals surface area contributed by atoms with E-state index in [2.05, 4.69) is 4.72 Å². The number of nitrogens with one attached hydrogen (secondary N) is 1. The Balaban J connectivity index is 2.24. The number of nitriles is 1. The zero-order valence-corrected chi connectivity index (χ0v) is 14.0. The number of nitrogens with two attached hydrogens (primary N) is 1. The van der Waals surface area contributed by atoms with Crippen LogP contribution in [-0.2, 0) is 10.0 Å². The van der Waals surface area contributed by atoms with Crippen LogP contribution in [-0.4, -0.2) is 8.42 Å². The third-order valence-electron chi connectivity index (χ3n) is 2.82. The Kier molecular flexibility index (Phi) is 5.16. The van der Waals surface area contributed by atoms with Crippen LogP contribution in [0.2, 0.25) is 10.0 Å². The second-order valence-electron chi connectivity index (χ2n) is 4.54. The molecule has 2 aromatic carbocycles. The van der Waals surface area contributed by atoms with E-state index >= 15 is 0 Å². The molecular formula is C15H11Cl2N3O2S. The third kappa shape index (κ3) is 4.63. The Labute approximate surface area is 144 Å². The van der Waals surface area contributed by atoms with Gasteiger partial charge in [-0.1, -0.05) is 29.3 Å². The number of nitrogen functional groups attached to an aromatic ring is 1. The van der Waals surface area contributed by atoms with Gasteiger partial charge in [0.1, 0.15) is 0 Å². The molecule has 23 heavy (non-hydrogen) atoms. The predicted octanol–water partition coefficient (Wildman–Crippen LogP) is 3.86. The van der Waals surface area contributed by atoms with Crippen LogP contribution in [0.1, 0.15) is 11.1 Å². The van der Waals surface area contributed by atoms with Crippen molar-refractivity contribution in [2.45, 2.75) is 0 Å². The molecule has 0 aliphatic carbocycles. The summed E-state index contributed by atoms with van der Waals surface area (Å²) in [5.74, 6) is 0. The lowest BCUT2D eigenvalue weighted by Crippen LogP contribution is -2.10. The summed E-state index contributed by atoms with van der Waals surface area (Å²) in [6, 6.07) is 11.0. The van der Waals surface area contributed by atoms with E-state index in [4.69, 9.17) is 34.2 Å². The van der Waals surface area contributed by atoms with Gasteiger partial charge in [-0.2, -0.15) is 5.26 Å². The minimum atomic E-state index is -3.80. The van der Waals surface area contributed by atoms with E-state index in [1.54, 1.807) is 18.2 Å². The molecule has 2 rings (SSSR count). The highest BCUT2D eigenvalue weighted by Crippen LogP contribution is 2.24. The fourth-order valence-electron chi connectivity index (χ4n) is 1.69. The summed E-state index contributed by atoms with van der Waals surface area (Å²) in [7, 11) is -3.80. The van der Waals surface area contributed by atoms with Gasteiger partial charge in [0, 0.05) is 0 Å². The summed E-state index contributed by atoms with van der Waals surface area (Å²) in [6.45, 7) is 0. The van der Waals surface area contributed by atoms with Crippen molar-refractivity contribution >= 4 is 50.7 Å². The fraction of sp³-hybridized carbons (Fsp3) is 0. The summed E-state index contributed by atoms with van der Waals surface area (Å²) in [5, 5.41) is 10.5. The SMILES string of the molecule is N#Cc1ccc(N)c(NS(=O)(=O)/C=C/c2ccc(Cl)c(Cl)c2)c1. The summed E-state index contributed by atoms with van der Waals surface area (Å²) < 4.78 is 26.5. The van der Waals surface area contributed by atoms with Gasteiger partial charge in [-0.15, -0.1) is 0 Å². The second kappa shape index (κ2) is 6.92. The first kappa shape index (κ1) is 17.2. The molecule has 0 heterocycles. The van der Waals surface area contributed by atoms with Crippen LogP contribution in [0, 0.1) is 11.3 Å². The van der Waals surface area contributed by atoms with E-state index in [1.807, 2.05) is 6.07 Å². The van der Waals surface area contributed by atoms with Crippen LogP contribution in [0.5, 0.6) is 0 Å². The fourth-order valence-corrected chi connectivity index (χ4v) is 2.88. The number of anilines is 2. The van der Waals surface area contributed by atoms with Gasteiger partial charge in [-0.25, -0.2) is 8.42 Å². The molecule has 0 spiro atoms. The van der Waals surface area contributed by atoms with Gasteiger partial charge >= 0.3 is 0 Å². The molecule has 0 aliphatic rings. The average Bonchev–Trinajstić information content (AvgIpc) is 2.50. The Bertz CT molecular complexity index is 919. The maximum atomic E-state index is 12.1. The first-order chi connectivity index (χ1) is 10.8. The number of sulfonamides is 1. The van der Waals surface area contributed by atoms with E-state index in [0.29, 0.717) is 21.2 Å². The quantitative estimate of drug-likeness (QED) is 0.801. The highest BCUT2D eigenvalue weighted by Gasteiger charge is 2.09. The maximum Gasteiger partial charge on any atom is 0.255 e. The zero-order valence-electron chi connectivity index (χ0n) is 11.6. The standard InChI is InChI=1S/C15H11Cl2N3O2S/c16-12-3-1-10(7-13(12)17)5-6-23(21,22)20-15-8-11(9-18)2-4-14(15)19/h1-8,20H,19H2/b6-5+. The average molecular weight is 368 g/mol. The molecule has 8 heteroatoms. The minimum absolute atomic E-state index is 0.142. The molecule has 0 amide bonds. The van der Waals surface area contributed by atoms with Crippen LogP contribution in [0.15, 0.2) is 41.8 Å². The molecule has 0 saturated carbocycles. The van der Waals surface area contributed by atoms with Crippen molar-refractivity contribution in [1.29, 1.82) is 5.26 Å². The molecule has 5 nitrogen and oxygen atoms in total. The highest BCUT2D eigenvalue weighted by molar-refractivity contribution is 7.95. The van der Waals surface area contributed by atoms with Crippen molar-refractivity contribution in [2.75, 3.05) is 10.5 Å². The van der Waals surface area contributed by atoms with Gasteiger partial charge in [0.2, 0.25) is 0 Å². The van der Waals surface area contributed by atoms with Crippen LogP contribution in [0.4, 0.5) is 11.4 Å². The van der Waals surface area contributed by atoms with E-state index in [9.17, 15) is 8.42 Å². The van der Waals surface area contributed by atoms with Crippen molar-refractivity contribution in [1.82, 2.24) is 0 Å². The summed E-state index contributed by atoms with van der Waals surface area (Å²) >= 11 is 11.7. The molecule has 2 aromatic rings. The van der Waals surface area contributed by atoms with Crippen molar-refractivity contribution in [3.05, 3.63) is 63.0 Å².